The lowest BCUT2D eigenvalue weighted by atomic mass is 10.1. The third kappa shape index (κ3) is 57.2. The molecule has 0 bridgehead atoms. The summed E-state index contributed by atoms with van der Waals surface area (Å²) in [6.07, 6.45) is 79.8. The Labute approximate surface area is 445 Å². The standard InChI is InChI=1S/C66H112O6/c1-4-7-10-13-16-19-22-25-28-31-33-35-38-41-44-47-50-53-56-59-65(68)71-62-63(61-70-64(67)58-55-52-49-46-43-40-37-30-27-24-21-18-15-12-9-6-3)72-66(69)60-57-54-51-48-45-42-39-36-34-32-29-26-23-20-17-14-11-8-5-2/h9,12,16,18-19,21-22,25,27,30,32,34,40,43,49,52,63H,4-8,10-11,13-15,17,20,23-24,26,28-29,31,33,35-39,41-42,44-48,50-51,53-62H2,1-3H3/b12-9-,19-16-,21-18-,25-22-,30-27-,34-32-,43-40-,52-49-. The van der Waals surface area contributed by atoms with Crippen LogP contribution in [0.3, 0.4) is 0 Å². The molecule has 1 unspecified atom stereocenters. The van der Waals surface area contributed by atoms with Crippen LogP contribution in [0.15, 0.2) is 97.2 Å². The van der Waals surface area contributed by atoms with E-state index >= 15 is 0 Å². The van der Waals surface area contributed by atoms with E-state index in [1.807, 2.05) is 6.08 Å². The molecule has 6 nitrogen and oxygen atoms in total. The molecule has 0 aliphatic carbocycles. The number of unbranched alkanes of at least 4 members (excludes halogenated alkanes) is 28. The molecule has 0 spiro atoms. The zero-order valence-corrected chi connectivity index (χ0v) is 47.2. The summed E-state index contributed by atoms with van der Waals surface area (Å²) in [5, 5.41) is 0. The van der Waals surface area contributed by atoms with Gasteiger partial charge < -0.3 is 14.2 Å². The Morgan fingerprint density at radius 2 is 0.611 bits per heavy atom. The van der Waals surface area contributed by atoms with E-state index in [4.69, 9.17) is 14.2 Å². The molecule has 412 valence electrons. The number of hydrogen-bond acceptors (Lipinski definition) is 6. The van der Waals surface area contributed by atoms with Crippen LogP contribution in [0, 0.1) is 0 Å². The van der Waals surface area contributed by atoms with Crippen LogP contribution in [0.1, 0.15) is 284 Å². The highest BCUT2D eigenvalue weighted by Crippen LogP contribution is 2.15. The average molecular weight is 1000 g/mol. The largest absolute Gasteiger partial charge is 0.462 e. The Balaban J connectivity index is 4.47. The van der Waals surface area contributed by atoms with Gasteiger partial charge in [0.2, 0.25) is 0 Å². The van der Waals surface area contributed by atoms with Crippen molar-refractivity contribution in [1.29, 1.82) is 0 Å². The molecule has 0 radical (unpaired) electrons. The van der Waals surface area contributed by atoms with Crippen LogP contribution in [0.5, 0.6) is 0 Å². The van der Waals surface area contributed by atoms with E-state index < -0.39 is 6.10 Å². The minimum Gasteiger partial charge on any atom is -0.462 e. The Kier molecular flexibility index (Phi) is 56.8. The number of esters is 3. The van der Waals surface area contributed by atoms with Crippen molar-refractivity contribution in [3.05, 3.63) is 97.2 Å². The molecule has 0 N–H and O–H groups in total. The average Bonchev–Trinajstić information content (AvgIpc) is 3.38. The molecule has 0 rings (SSSR count). The van der Waals surface area contributed by atoms with E-state index in [2.05, 4.69) is 112 Å². The van der Waals surface area contributed by atoms with Gasteiger partial charge in [0.15, 0.2) is 6.10 Å². The second kappa shape index (κ2) is 59.9. The number of rotatable bonds is 54. The first-order valence-electron chi connectivity index (χ1n) is 30.3. The van der Waals surface area contributed by atoms with Gasteiger partial charge in [0.05, 0.1) is 0 Å². The van der Waals surface area contributed by atoms with Gasteiger partial charge in [0.1, 0.15) is 13.2 Å². The van der Waals surface area contributed by atoms with Crippen molar-refractivity contribution in [3.8, 4) is 0 Å². The van der Waals surface area contributed by atoms with Crippen molar-refractivity contribution in [2.24, 2.45) is 0 Å². The quantitative estimate of drug-likeness (QED) is 0.0199. The normalized spacial score (nSPS) is 12.8. The highest BCUT2D eigenvalue weighted by molar-refractivity contribution is 5.71. The van der Waals surface area contributed by atoms with Crippen LogP contribution < -0.4 is 0 Å². The Morgan fingerprint density at radius 1 is 0.306 bits per heavy atom. The highest BCUT2D eigenvalue weighted by Gasteiger charge is 2.19. The van der Waals surface area contributed by atoms with Gasteiger partial charge in [-0.3, -0.25) is 14.4 Å². The van der Waals surface area contributed by atoms with E-state index in [0.717, 1.165) is 70.6 Å². The van der Waals surface area contributed by atoms with E-state index in [1.165, 1.54) is 167 Å². The first-order chi connectivity index (χ1) is 35.5. The summed E-state index contributed by atoms with van der Waals surface area (Å²) in [5.41, 5.74) is 0. The van der Waals surface area contributed by atoms with Crippen molar-refractivity contribution >= 4 is 17.9 Å². The summed E-state index contributed by atoms with van der Waals surface area (Å²) in [7, 11) is 0. The van der Waals surface area contributed by atoms with Crippen LogP contribution >= 0.6 is 0 Å². The van der Waals surface area contributed by atoms with Gasteiger partial charge in [0.25, 0.3) is 0 Å². The van der Waals surface area contributed by atoms with E-state index in [-0.39, 0.29) is 37.5 Å². The molecule has 0 aromatic carbocycles. The fourth-order valence-corrected chi connectivity index (χ4v) is 8.30. The molecule has 0 fully saturated rings. The zero-order chi connectivity index (χ0) is 52.2. The summed E-state index contributed by atoms with van der Waals surface area (Å²) < 4.78 is 16.8. The summed E-state index contributed by atoms with van der Waals surface area (Å²) in [5.74, 6) is -0.992. The minimum absolute atomic E-state index is 0.104. The molecule has 0 saturated heterocycles. The molecule has 0 amide bonds. The molecule has 6 heteroatoms. The maximum absolute atomic E-state index is 12.9. The van der Waals surface area contributed by atoms with E-state index in [1.54, 1.807) is 0 Å². The van der Waals surface area contributed by atoms with Crippen LogP contribution in [-0.4, -0.2) is 37.2 Å². The second-order valence-electron chi connectivity index (χ2n) is 19.9. The summed E-state index contributed by atoms with van der Waals surface area (Å²) in [6, 6.07) is 0. The molecule has 0 aromatic heterocycles. The van der Waals surface area contributed by atoms with Crippen molar-refractivity contribution in [1.82, 2.24) is 0 Å². The molecule has 72 heavy (non-hydrogen) atoms. The number of ether oxygens (including phenoxy) is 3. The fourth-order valence-electron chi connectivity index (χ4n) is 8.30. The maximum atomic E-state index is 12.9. The first kappa shape index (κ1) is 68.3. The molecule has 1 atom stereocenters. The van der Waals surface area contributed by atoms with Crippen LogP contribution in [0.4, 0.5) is 0 Å². The van der Waals surface area contributed by atoms with Gasteiger partial charge in [-0.15, -0.1) is 0 Å². The van der Waals surface area contributed by atoms with E-state index in [0.29, 0.717) is 19.3 Å². The Morgan fingerprint density at radius 3 is 1.04 bits per heavy atom. The lowest BCUT2D eigenvalue weighted by Gasteiger charge is -2.18. The lowest BCUT2D eigenvalue weighted by molar-refractivity contribution is -0.166. The number of allylic oxidation sites excluding steroid dienone is 16. The fraction of sp³-hybridized carbons (Fsp3) is 0.712. The summed E-state index contributed by atoms with van der Waals surface area (Å²) in [4.78, 5) is 38.2. The number of hydrogen-bond donors (Lipinski definition) is 0. The van der Waals surface area contributed by atoms with Gasteiger partial charge >= 0.3 is 17.9 Å². The van der Waals surface area contributed by atoms with Crippen LogP contribution in [0.25, 0.3) is 0 Å². The third-order valence-corrected chi connectivity index (χ3v) is 12.8. The first-order valence-corrected chi connectivity index (χ1v) is 30.3. The molecule has 0 aliphatic rings. The predicted octanol–water partition coefficient (Wildman–Crippen LogP) is 20.5. The maximum Gasteiger partial charge on any atom is 0.306 e. The van der Waals surface area contributed by atoms with Gasteiger partial charge in [0, 0.05) is 19.3 Å². The van der Waals surface area contributed by atoms with Crippen molar-refractivity contribution in [2.75, 3.05) is 13.2 Å². The second-order valence-corrected chi connectivity index (χ2v) is 19.9. The SMILES string of the molecule is CC/C=C\C/C=C\C/C=C\C/C=C\C/C=C\CCC(=O)OCC(COC(=O)CCCCCCCCCCCC/C=C\C=C/CCCCC)OC(=O)CCCCCCCCC/C=C\CCCCCCCCCC. The van der Waals surface area contributed by atoms with E-state index in [9.17, 15) is 14.4 Å². The Hall–Kier alpha value is -3.67. The molecule has 0 aromatic rings. The molecule has 0 heterocycles. The molecular formula is C66H112O6. The van der Waals surface area contributed by atoms with Crippen molar-refractivity contribution in [2.45, 2.75) is 290 Å². The number of carbonyl (C=O) groups excluding carboxylic acids is 3. The van der Waals surface area contributed by atoms with Crippen molar-refractivity contribution < 1.29 is 28.6 Å². The van der Waals surface area contributed by atoms with Crippen LogP contribution in [-0.2, 0) is 28.6 Å². The van der Waals surface area contributed by atoms with Gasteiger partial charge in [-0.1, -0.05) is 259 Å². The molecular weight excluding hydrogens is 889 g/mol. The highest BCUT2D eigenvalue weighted by atomic mass is 16.6. The number of carbonyl (C=O) groups is 3. The lowest BCUT2D eigenvalue weighted by Crippen LogP contribution is -2.30. The van der Waals surface area contributed by atoms with Crippen molar-refractivity contribution in [3.63, 3.8) is 0 Å². The molecule has 0 aliphatic heterocycles. The smallest absolute Gasteiger partial charge is 0.306 e. The third-order valence-electron chi connectivity index (χ3n) is 12.8. The summed E-state index contributed by atoms with van der Waals surface area (Å²) >= 11 is 0. The predicted molar refractivity (Wildman–Crippen MR) is 311 cm³/mol. The minimum atomic E-state index is -0.813. The monoisotopic (exact) mass is 1000 g/mol. The molecule has 0 saturated carbocycles. The van der Waals surface area contributed by atoms with Crippen LogP contribution in [0.2, 0.25) is 0 Å². The van der Waals surface area contributed by atoms with Gasteiger partial charge in [-0.05, 0) is 103 Å². The van der Waals surface area contributed by atoms with Gasteiger partial charge in [-0.2, -0.15) is 0 Å². The topological polar surface area (TPSA) is 78.9 Å². The summed E-state index contributed by atoms with van der Waals surface area (Å²) in [6.45, 7) is 6.45. The zero-order valence-electron chi connectivity index (χ0n) is 47.2. The van der Waals surface area contributed by atoms with Gasteiger partial charge in [-0.25, -0.2) is 0 Å². The Bertz CT molecular complexity index is 1430.